The third-order valence-electron chi connectivity index (χ3n) is 4.75. The molecule has 0 bridgehead atoms. The van der Waals surface area contributed by atoms with Crippen molar-refractivity contribution in [3.8, 4) is 0 Å². The van der Waals surface area contributed by atoms with Crippen LogP contribution in [0.15, 0.2) is 94.7 Å². The molecule has 0 heterocycles. The molecule has 164 valence electrons. The molecule has 0 amide bonds. The molecule has 0 radical (unpaired) electrons. The van der Waals surface area contributed by atoms with E-state index in [1.165, 1.54) is 0 Å². The highest BCUT2D eigenvalue weighted by Gasteiger charge is 2.25. The normalized spacial score (nSPS) is 11.9. The molecule has 0 spiro atoms. The summed E-state index contributed by atoms with van der Waals surface area (Å²) in [4.78, 5) is -1.01. The van der Waals surface area contributed by atoms with Gasteiger partial charge in [0, 0.05) is 33.5 Å². The first kappa shape index (κ1) is 21.8. The Morgan fingerprint density at radius 3 is 1.16 bits per heavy atom. The van der Waals surface area contributed by atoms with E-state index in [-0.39, 0.29) is 22.1 Å². The summed E-state index contributed by atoms with van der Waals surface area (Å²) < 4.78 is 68.4. The van der Waals surface area contributed by atoms with Gasteiger partial charge in [-0.25, -0.2) is 0 Å². The van der Waals surface area contributed by atoms with E-state index in [0.717, 1.165) is 12.1 Å². The van der Waals surface area contributed by atoms with Crippen molar-refractivity contribution in [2.45, 2.75) is 9.79 Å². The first-order chi connectivity index (χ1) is 15.1. The first-order valence-corrected chi connectivity index (χ1v) is 12.2. The second kappa shape index (κ2) is 8.24. The van der Waals surface area contributed by atoms with Crippen molar-refractivity contribution in [1.82, 2.24) is 0 Å². The summed E-state index contributed by atoms with van der Waals surface area (Å²) in [6.45, 7) is 0. The molecule has 0 aliphatic carbocycles. The molecule has 0 aromatic heterocycles. The quantitative estimate of drug-likeness (QED) is 0.295. The van der Waals surface area contributed by atoms with E-state index in [1.807, 2.05) is 0 Å². The largest absolute Gasteiger partial charge is 0.355 e. The van der Waals surface area contributed by atoms with E-state index in [1.54, 1.807) is 72.8 Å². The molecule has 0 unspecified atom stereocenters. The molecule has 4 aromatic carbocycles. The van der Waals surface area contributed by atoms with Crippen LogP contribution in [-0.4, -0.2) is 25.9 Å². The Bertz CT molecular complexity index is 1390. The molecule has 4 aromatic rings. The van der Waals surface area contributed by atoms with Gasteiger partial charge in [-0.3, -0.25) is 9.11 Å². The molecule has 0 aliphatic rings. The van der Waals surface area contributed by atoms with Crippen LogP contribution in [0.2, 0.25) is 0 Å². The van der Waals surface area contributed by atoms with Crippen LogP contribution in [0.25, 0.3) is 10.8 Å². The number of hydrogen-bond donors (Lipinski definition) is 4. The Hall–Kier alpha value is -3.44. The molecular weight excluding hydrogens is 452 g/mol. The van der Waals surface area contributed by atoms with E-state index >= 15 is 0 Å². The van der Waals surface area contributed by atoms with Crippen LogP contribution in [0.1, 0.15) is 0 Å². The number of fused-ring (bicyclic) bond motifs is 1. The zero-order valence-corrected chi connectivity index (χ0v) is 18.1. The number of benzene rings is 4. The molecule has 4 rings (SSSR count). The van der Waals surface area contributed by atoms with E-state index in [0.29, 0.717) is 11.4 Å². The summed E-state index contributed by atoms with van der Waals surface area (Å²) in [5.41, 5.74) is 1.66. The van der Waals surface area contributed by atoms with Crippen LogP contribution in [0.5, 0.6) is 0 Å². The van der Waals surface area contributed by atoms with E-state index in [4.69, 9.17) is 0 Å². The lowest BCUT2D eigenvalue weighted by Crippen LogP contribution is -2.07. The Kier molecular flexibility index (Phi) is 5.61. The number of hydrogen-bond acceptors (Lipinski definition) is 6. The predicted molar refractivity (Wildman–Crippen MR) is 123 cm³/mol. The van der Waals surface area contributed by atoms with Gasteiger partial charge in [0.05, 0.1) is 0 Å². The minimum atomic E-state index is -4.74. The van der Waals surface area contributed by atoms with E-state index in [2.05, 4.69) is 10.6 Å². The molecular formula is C22H18N2O6S2. The van der Waals surface area contributed by atoms with Gasteiger partial charge in [0.25, 0.3) is 20.2 Å². The highest BCUT2D eigenvalue weighted by Crippen LogP contribution is 2.41. The van der Waals surface area contributed by atoms with E-state index < -0.39 is 30.0 Å². The van der Waals surface area contributed by atoms with Crippen LogP contribution < -0.4 is 10.6 Å². The van der Waals surface area contributed by atoms with Gasteiger partial charge < -0.3 is 10.6 Å². The van der Waals surface area contributed by atoms with Crippen LogP contribution in [0, 0.1) is 0 Å². The highest BCUT2D eigenvalue weighted by molar-refractivity contribution is 7.86. The smallest absolute Gasteiger partial charge is 0.295 e. The fourth-order valence-corrected chi connectivity index (χ4v) is 4.84. The number of nitrogens with one attached hydrogen (secondary N) is 2. The average Bonchev–Trinajstić information content (AvgIpc) is 2.74. The van der Waals surface area contributed by atoms with Crippen molar-refractivity contribution in [2.75, 3.05) is 10.6 Å². The molecule has 10 heteroatoms. The lowest BCUT2D eigenvalue weighted by molar-refractivity contribution is 0.480. The van der Waals surface area contributed by atoms with Gasteiger partial charge in [0.1, 0.15) is 9.79 Å². The minimum absolute atomic E-state index is 0.0904. The van der Waals surface area contributed by atoms with Crippen molar-refractivity contribution in [1.29, 1.82) is 0 Å². The van der Waals surface area contributed by atoms with Crippen molar-refractivity contribution in [3.63, 3.8) is 0 Å². The molecule has 0 saturated heterocycles. The van der Waals surface area contributed by atoms with Gasteiger partial charge in [0.2, 0.25) is 0 Å². The van der Waals surface area contributed by atoms with Crippen molar-refractivity contribution >= 4 is 53.8 Å². The van der Waals surface area contributed by atoms with Crippen LogP contribution in [-0.2, 0) is 20.2 Å². The third-order valence-corrected chi connectivity index (χ3v) is 6.54. The van der Waals surface area contributed by atoms with Gasteiger partial charge in [0.15, 0.2) is 0 Å². The fraction of sp³-hybridized carbons (Fsp3) is 0. The summed E-state index contributed by atoms with van der Waals surface area (Å²) in [5.74, 6) is 0. The van der Waals surface area contributed by atoms with Crippen LogP contribution >= 0.6 is 0 Å². The molecule has 8 nitrogen and oxygen atoms in total. The van der Waals surface area contributed by atoms with Gasteiger partial charge in [-0.05, 0) is 48.5 Å². The Morgan fingerprint density at radius 1 is 0.500 bits per heavy atom. The van der Waals surface area contributed by atoms with Crippen molar-refractivity contribution < 1.29 is 25.9 Å². The predicted octanol–water partition coefficient (Wildman–Crippen LogP) is 4.82. The Balaban J connectivity index is 2.08. The minimum Gasteiger partial charge on any atom is -0.355 e. The zero-order valence-electron chi connectivity index (χ0n) is 16.4. The van der Waals surface area contributed by atoms with E-state index in [9.17, 15) is 25.9 Å². The molecule has 32 heavy (non-hydrogen) atoms. The van der Waals surface area contributed by atoms with Crippen LogP contribution in [0.3, 0.4) is 0 Å². The van der Waals surface area contributed by atoms with Gasteiger partial charge in [-0.2, -0.15) is 16.8 Å². The molecule has 0 fully saturated rings. The second-order valence-electron chi connectivity index (χ2n) is 6.90. The average molecular weight is 471 g/mol. The lowest BCUT2D eigenvalue weighted by atomic mass is 10.1. The molecule has 0 saturated carbocycles. The Labute approximate surface area is 185 Å². The maximum atomic E-state index is 12.2. The first-order valence-electron chi connectivity index (χ1n) is 9.33. The fourth-order valence-electron chi connectivity index (χ4n) is 3.42. The molecule has 4 N–H and O–H groups in total. The summed E-state index contributed by atoms with van der Waals surface area (Å²) in [6, 6.07) is 22.6. The number of para-hydroxylation sites is 2. The van der Waals surface area contributed by atoms with Gasteiger partial charge in [-0.1, -0.05) is 36.4 Å². The second-order valence-corrected chi connectivity index (χ2v) is 9.68. The standard InChI is InChI=1S/C22H18N2O6S2/c25-31(26,27)19-13-14-20(32(28,29)30)22-18(24-16-9-5-2-6-10-16)12-11-17(21(19)22)23-15-7-3-1-4-8-15/h1-14,23-24H,(H,25,26,27)(H,28,29,30). The Morgan fingerprint density at radius 2 is 0.844 bits per heavy atom. The zero-order chi connectivity index (χ0) is 22.9. The summed E-state index contributed by atoms with van der Waals surface area (Å²) in [7, 11) is -9.48. The maximum absolute atomic E-state index is 12.2. The van der Waals surface area contributed by atoms with Crippen LogP contribution in [0.4, 0.5) is 22.7 Å². The lowest BCUT2D eigenvalue weighted by Gasteiger charge is -2.18. The highest BCUT2D eigenvalue weighted by atomic mass is 32.2. The van der Waals surface area contributed by atoms with Gasteiger partial charge >= 0.3 is 0 Å². The molecule has 0 atom stereocenters. The molecule has 0 aliphatic heterocycles. The topological polar surface area (TPSA) is 133 Å². The summed E-state index contributed by atoms with van der Waals surface area (Å²) >= 11 is 0. The number of rotatable bonds is 6. The summed E-state index contributed by atoms with van der Waals surface area (Å²) in [5, 5.41) is 5.92. The third kappa shape index (κ3) is 4.43. The monoisotopic (exact) mass is 470 g/mol. The summed E-state index contributed by atoms with van der Waals surface area (Å²) in [6.07, 6.45) is 0. The maximum Gasteiger partial charge on any atom is 0.295 e. The SMILES string of the molecule is O=S(=O)(O)c1ccc(S(=O)(=O)O)c2c(Nc3ccccc3)ccc(Nc3ccccc3)c12. The number of anilines is 4. The van der Waals surface area contributed by atoms with Gasteiger partial charge in [-0.15, -0.1) is 0 Å². The van der Waals surface area contributed by atoms with Crippen molar-refractivity contribution in [3.05, 3.63) is 84.9 Å². The van der Waals surface area contributed by atoms with Crippen molar-refractivity contribution in [2.24, 2.45) is 0 Å².